The fourth-order valence-corrected chi connectivity index (χ4v) is 10.4. The first-order chi connectivity index (χ1) is 25.4. The van der Waals surface area contributed by atoms with Crippen molar-refractivity contribution in [2.75, 3.05) is 27.4 Å². The first kappa shape index (κ1) is 41.3. The first-order valence-corrected chi connectivity index (χ1v) is 21.1. The normalized spacial score (nSPS) is 39.9. The quantitative estimate of drug-likeness (QED) is 0.216. The Bertz CT molecular complexity index is 1470. The largest absolute Gasteiger partial charge is 0.497 e. The third-order valence-electron chi connectivity index (χ3n) is 10.5. The van der Waals surface area contributed by atoms with Gasteiger partial charge in [-0.05, 0) is 90.8 Å². The molecule has 6 heterocycles. The summed E-state index contributed by atoms with van der Waals surface area (Å²) in [5.41, 5.74) is 2.18. The van der Waals surface area contributed by atoms with Gasteiger partial charge in [-0.15, -0.1) is 0 Å². The van der Waals surface area contributed by atoms with Gasteiger partial charge in [0.05, 0.1) is 47.5 Å². The van der Waals surface area contributed by atoms with Gasteiger partial charge in [-0.25, -0.2) is 0 Å². The average Bonchev–Trinajstić information content (AvgIpc) is 3.87. The highest BCUT2D eigenvalue weighted by Gasteiger charge is 2.59. The Balaban J connectivity index is 0.000000167. The van der Waals surface area contributed by atoms with Gasteiger partial charge >= 0.3 is 0 Å². The minimum atomic E-state index is -0.649. The van der Waals surface area contributed by atoms with E-state index in [0.29, 0.717) is 13.2 Å². The molecule has 0 unspecified atom stereocenters. The smallest absolute Gasteiger partial charge is 0.163 e. The van der Waals surface area contributed by atoms with Crippen LogP contribution in [0.2, 0.25) is 0 Å². The average molecular weight is 981 g/mol. The van der Waals surface area contributed by atoms with Crippen molar-refractivity contribution in [2.45, 2.75) is 147 Å². The fourth-order valence-electron chi connectivity index (χ4n) is 8.09. The zero-order chi connectivity index (χ0) is 38.8. The fraction of sp³-hybridized carbons (Fsp3) is 0.700. The van der Waals surface area contributed by atoms with E-state index in [-0.39, 0.29) is 68.9 Å². The van der Waals surface area contributed by atoms with Crippen molar-refractivity contribution >= 4 is 45.2 Å². The van der Waals surface area contributed by atoms with Crippen LogP contribution in [0.15, 0.2) is 48.5 Å². The van der Waals surface area contributed by atoms with Crippen LogP contribution in [-0.2, 0) is 47.4 Å². The van der Waals surface area contributed by atoms with Crippen LogP contribution in [-0.4, -0.2) is 107 Å². The Morgan fingerprint density at radius 1 is 0.463 bits per heavy atom. The predicted molar refractivity (Wildman–Crippen MR) is 214 cm³/mol. The Hall–Kier alpha value is -0.900. The molecule has 8 rings (SSSR count). The second-order valence-electron chi connectivity index (χ2n) is 16.3. The monoisotopic (exact) mass is 980 g/mol. The molecular weight excluding hydrogens is 926 g/mol. The van der Waals surface area contributed by atoms with Crippen molar-refractivity contribution in [3.05, 3.63) is 59.7 Å². The predicted octanol–water partition coefficient (Wildman–Crippen LogP) is 7.22. The van der Waals surface area contributed by atoms with E-state index >= 15 is 0 Å². The summed E-state index contributed by atoms with van der Waals surface area (Å²) < 4.78 is 72.8. The Morgan fingerprint density at radius 2 is 0.796 bits per heavy atom. The van der Waals surface area contributed by atoms with Gasteiger partial charge < -0.3 is 56.8 Å². The van der Waals surface area contributed by atoms with E-state index in [1.165, 1.54) is 0 Å². The lowest BCUT2D eigenvalue weighted by atomic mass is 9.91. The number of hydrogen-bond donors (Lipinski definition) is 0. The summed E-state index contributed by atoms with van der Waals surface area (Å²) >= 11 is 4.84. The molecule has 6 saturated heterocycles. The van der Waals surface area contributed by atoms with Crippen molar-refractivity contribution in [3.63, 3.8) is 0 Å². The number of hydrogen-bond acceptors (Lipinski definition) is 12. The van der Waals surface area contributed by atoms with E-state index in [9.17, 15) is 0 Å². The van der Waals surface area contributed by atoms with Crippen LogP contribution >= 0.6 is 45.2 Å². The maximum Gasteiger partial charge on any atom is 0.163 e. The molecule has 0 N–H and O–H groups in total. The van der Waals surface area contributed by atoms with Gasteiger partial charge in [0, 0.05) is 0 Å². The minimum absolute atomic E-state index is 0.0845. The van der Waals surface area contributed by atoms with Gasteiger partial charge in [-0.1, -0.05) is 69.4 Å². The molecule has 0 radical (unpaired) electrons. The lowest BCUT2D eigenvalue weighted by Gasteiger charge is -2.42. The van der Waals surface area contributed by atoms with Crippen LogP contribution < -0.4 is 9.47 Å². The van der Waals surface area contributed by atoms with Crippen LogP contribution in [0.4, 0.5) is 0 Å². The van der Waals surface area contributed by atoms with Gasteiger partial charge in [-0.2, -0.15) is 0 Å². The van der Waals surface area contributed by atoms with Gasteiger partial charge in [0.15, 0.2) is 23.1 Å². The molecule has 54 heavy (non-hydrogen) atoms. The third kappa shape index (κ3) is 8.75. The molecule has 0 saturated carbocycles. The van der Waals surface area contributed by atoms with Gasteiger partial charge in [0.25, 0.3) is 0 Å². The van der Waals surface area contributed by atoms with E-state index in [2.05, 4.69) is 45.2 Å². The van der Waals surface area contributed by atoms with E-state index in [0.717, 1.165) is 22.6 Å². The Labute approximate surface area is 346 Å². The molecule has 12 nitrogen and oxygen atoms in total. The highest BCUT2D eigenvalue weighted by atomic mass is 127. The first-order valence-electron chi connectivity index (χ1n) is 18.6. The summed E-state index contributed by atoms with van der Waals surface area (Å²) in [4.78, 5) is 0. The molecule has 0 bridgehead atoms. The summed E-state index contributed by atoms with van der Waals surface area (Å²) in [6.07, 6.45) is -1.76. The van der Waals surface area contributed by atoms with Crippen LogP contribution in [0.25, 0.3) is 0 Å². The molecule has 0 aliphatic carbocycles. The number of fused-ring (bicyclic) bond motifs is 2. The van der Waals surface area contributed by atoms with Crippen LogP contribution in [0.1, 0.15) is 78.7 Å². The lowest BCUT2D eigenvalue weighted by molar-refractivity contribution is -0.203. The summed E-state index contributed by atoms with van der Waals surface area (Å²) in [7, 11) is 3.33. The summed E-state index contributed by atoms with van der Waals surface area (Å²) in [5.74, 6) is -0.881. The summed E-state index contributed by atoms with van der Waals surface area (Å²) in [6, 6.07) is 16.0. The number of benzene rings is 2. The molecular formula is C40H54I2O12. The van der Waals surface area contributed by atoms with Gasteiger partial charge in [0.1, 0.15) is 60.3 Å². The van der Waals surface area contributed by atoms with E-state index in [4.69, 9.17) is 56.8 Å². The molecule has 0 aromatic heterocycles. The van der Waals surface area contributed by atoms with Gasteiger partial charge in [0.2, 0.25) is 0 Å². The maximum atomic E-state index is 6.58. The Morgan fingerprint density at radius 3 is 1.09 bits per heavy atom. The van der Waals surface area contributed by atoms with Gasteiger partial charge in [-0.3, -0.25) is 0 Å². The van der Waals surface area contributed by atoms with Crippen molar-refractivity contribution in [1.29, 1.82) is 0 Å². The molecule has 6 aliphatic rings. The third-order valence-corrected chi connectivity index (χ3v) is 13.2. The molecule has 6 fully saturated rings. The highest BCUT2D eigenvalue weighted by molar-refractivity contribution is 14.1. The van der Waals surface area contributed by atoms with E-state index in [1.807, 2.05) is 104 Å². The number of methoxy groups -OCH3 is 2. The number of halogens is 2. The van der Waals surface area contributed by atoms with Crippen molar-refractivity contribution in [3.8, 4) is 11.5 Å². The molecule has 2 aromatic rings. The molecule has 0 spiro atoms. The molecule has 14 heteroatoms. The minimum Gasteiger partial charge on any atom is -0.497 e. The van der Waals surface area contributed by atoms with Crippen molar-refractivity contribution in [1.82, 2.24) is 0 Å². The SMILES string of the molecule is COc1ccc([C@H]2O[C@H]([C@H]3COC(C)(C)O3)[C@@H]3OC(C)(C)O[C@@H]3[C@@H]2I)cc1.COc1ccc([C@H]2O[C@H]([C@H]3COC(C)(C)O3)[C@@H]3OC(C)(C)O[C@@H]3[C@@H]2I)cc1. The second-order valence-corrected chi connectivity index (χ2v) is 19.2. The number of rotatable bonds is 6. The standard InChI is InChI=1S/2C20H27IO6/c2*1-19(2)23-10-13(25-19)16-18-17(26-20(3,4)27-18)14(21)15(24-16)11-6-8-12(22-5)9-7-11/h2*6-9,13-18H,10H2,1-5H3/t2*13-,14-,15-,16-,17-,18+/m11/s1. The Kier molecular flexibility index (Phi) is 12.0. The zero-order valence-electron chi connectivity index (χ0n) is 32.6. The highest BCUT2D eigenvalue weighted by Crippen LogP contribution is 2.49. The second kappa shape index (κ2) is 15.7. The lowest BCUT2D eigenvalue weighted by Crippen LogP contribution is -2.55. The van der Waals surface area contributed by atoms with Crippen molar-refractivity contribution < 1.29 is 56.8 Å². The van der Waals surface area contributed by atoms with E-state index < -0.39 is 23.1 Å². The molecule has 300 valence electrons. The van der Waals surface area contributed by atoms with E-state index in [1.54, 1.807) is 14.2 Å². The topological polar surface area (TPSA) is 111 Å². The molecule has 12 atom stereocenters. The van der Waals surface area contributed by atoms with Crippen LogP contribution in [0.5, 0.6) is 11.5 Å². The van der Waals surface area contributed by atoms with Crippen LogP contribution in [0.3, 0.4) is 0 Å². The molecule has 0 amide bonds. The summed E-state index contributed by atoms with van der Waals surface area (Å²) in [6.45, 7) is 16.4. The number of alkyl halides is 2. The maximum absolute atomic E-state index is 6.58. The van der Waals surface area contributed by atoms with Crippen LogP contribution in [0, 0.1) is 0 Å². The number of ether oxygens (including phenoxy) is 12. The molecule has 2 aromatic carbocycles. The zero-order valence-corrected chi connectivity index (χ0v) is 36.9. The van der Waals surface area contributed by atoms with Crippen molar-refractivity contribution in [2.24, 2.45) is 0 Å². The summed E-state index contributed by atoms with van der Waals surface area (Å²) in [5, 5.41) is 0. The molecule has 6 aliphatic heterocycles.